The van der Waals surface area contributed by atoms with Gasteiger partial charge in [-0.15, -0.1) is 0 Å². The summed E-state index contributed by atoms with van der Waals surface area (Å²) in [5.74, 6) is 0. The zero-order chi connectivity index (χ0) is 9.52. The van der Waals surface area contributed by atoms with Crippen LogP contribution < -0.4 is 5.32 Å². The molecule has 0 saturated heterocycles. The largest absolute Gasteiger partial charge is 0.380 e. The topological polar surface area (TPSA) is 39.1 Å². The zero-order valence-electron chi connectivity index (χ0n) is 8.29. The predicted octanol–water partition coefficient (Wildman–Crippen LogP) is 0.546. The van der Waals surface area contributed by atoms with Gasteiger partial charge in [-0.3, -0.25) is 4.68 Å². The summed E-state index contributed by atoms with van der Waals surface area (Å²) in [5, 5.41) is 7.49. The lowest BCUT2D eigenvalue weighted by atomic mass is 10.4. The van der Waals surface area contributed by atoms with Crippen molar-refractivity contribution in [3.63, 3.8) is 0 Å². The molecule has 1 aromatic rings. The van der Waals surface area contributed by atoms with Gasteiger partial charge in [0.15, 0.2) is 0 Å². The second-order valence-electron chi connectivity index (χ2n) is 2.85. The van der Waals surface area contributed by atoms with Crippen LogP contribution in [0.3, 0.4) is 0 Å². The van der Waals surface area contributed by atoms with E-state index in [1.807, 2.05) is 26.2 Å². The molecule has 1 heterocycles. The summed E-state index contributed by atoms with van der Waals surface area (Å²) in [5.41, 5.74) is 1.07. The van der Waals surface area contributed by atoms with Gasteiger partial charge in [0.2, 0.25) is 0 Å². The Balaban J connectivity index is 2.06. The van der Waals surface area contributed by atoms with Gasteiger partial charge in [0, 0.05) is 32.9 Å². The molecule has 4 nitrogen and oxygen atoms in total. The number of nitrogens with zero attached hydrogens (tertiary/aromatic N) is 2. The molecule has 1 N–H and O–H groups in total. The molecule has 0 aliphatic rings. The summed E-state index contributed by atoms with van der Waals surface area (Å²) in [6, 6.07) is 2.01. The average Bonchev–Trinajstić information content (AvgIpc) is 2.51. The molecule has 0 unspecified atom stereocenters. The Morgan fingerprint density at radius 2 is 2.46 bits per heavy atom. The molecular formula is C9H17N3O. The molecule has 0 amide bonds. The summed E-state index contributed by atoms with van der Waals surface area (Å²) < 4.78 is 6.99. The van der Waals surface area contributed by atoms with Gasteiger partial charge in [0.25, 0.3) is 0 Å². The first-order valence-electron chi connectivity index (χ1n) is 4.60. The monoisotopic (exact) mass is 183 g/mol. The first-order valence-corrected chi connectivity index (χ1v) is 4.60. The molecule has 0 radical (unpaired) electrons. The van der Waals surface area contributed by atoms with Crippen LogP contribution in [0.1, 0.15) is 12.6 Å². The minimum Gasteiger partial charge on any atom is -0.380 e. The maximum atomic E-state index is 5.19. The first kappa shape index (κ1) is 10.2. The van der Waals surface area contributed by atoms with Gasteiger partial charge in [-0.2, -0.15) is 5.10 Å². The smallest absolute Gasteiger partial charge is 0.0762 e. The number of hydrogen-bond acceptors (Lipinski definition) is 3. The van der Waals surface area contributed by atoms with Crippen molar-refractivity contribution in [2.24, 2.45) is 7.05 Å². The van der Waals surface area contributed by atoms with Crippen LogP contribution in [-0.4, -0.2) is 29.5 Å². The van der Waals surface area contributed by atoms with Crippen LogP contribution in [0.25, 0.3) is 0 Å². The lowest BCUT2D eigenvalue weighted by Crippen LogP contribution is -2.19. The van der Waals surface area contributed by atoms with Crippen molar-refractivity contribution in [2.75, 3.05) is 19.8 Å². The maximum Gasteiger partial charge on any atom is 0.0762 e. The molecule has 0 fully saturated rings. The van der Waals surface area contributed by atoms with E-state index in [1.54, 1.807) is 4.68 Å². The molecule has 0 aliphatic carbocycles. The van der Waals surface area contributed by atoms with E-state index in [2.05, 4.69) is 10.4 Å². The van der Waals surface area contributed by atoms with Gasteiger partial charge >= 0.3 is 0 Å². The van der Waals surface area contributed by atoms with Crippen LogP contribution in [0.15, 0.2) is 12.3 Å². The molecule has 1 rings (SSSR count). The van der Waals surface area contributed by atoms with Crippen LogP contribution in [0, 0.1) is 0 Å². The molecule has 0 aliphatic heterocycles. The lowest BCUT2D eigenvalue weighted by molar-refractivity contribution is 0.149. The van der Waals surface area contributed by atoms with Crippen LogP contribution in [0.2, 0.25) is 0 Å². The van der Waals surface area contributed by atoms with Crippen molar-refractivity contribution in [1.29, 1.82) is 0 Å². The molecule has 0 aromatic carbocycles. The molecule has 0 saturated carbocycles. The van der Waals surface area contributed by atoms with Crippen LogP contribution in [-0.2, 0) is 18.3 Å². The summed E-state index contributed by atoms with van der Waals surface area (Å²) >= 11 is 0. The Morgan fingerprint density at radius 1 is 1.62 bits per heavy atom. The second-order valence-corrected chi connectivity index (χ2v) is 2.85. The van der Waals surface area contributed by atoms with Crippen molar-refractivity contribution in [3.8, 4) is 0 Å². The molecule has 0 spiro atoms. The summed E-state index contributed by atoms with van der Waals surface area (Å²) in [7, 11) is 1.92. The molecule has 4 heteroatoms. The third-order valence-corrected chi connectivity index (χ3v) is 1.70. The van der Waals surface area contributed by atoms with Gasteiger partial charge in [-0.05, 0) is 13.0 Å². The van der Waals surface area contributed by atoms with Crippen molar-refractivity contribution in [2.45, 2.75) is 13.5 Å². The van der Waals surface area contributed by atoms with E-state index < -0.39 is 0 Å². The SMILES string of the molecule is CCOCCNCc1ccn(C)n1. The minimum absolute atomic E-state index is 0.767. The summed E-state index contributed by atoms with van der Waals surface area (Å²) in [4.78, 5) is 0. The fourth-order valence-corrected chi connectivity index (χ4v) is 1.06. The summed E-state index contributed by atoms with van der Waals surface area (Å²) in [6.07, 6.45) is 1.94. The van der Waals surface area contributed by atoms with E-state index in [-0.39, 0.29) is 0 Å². The summed E-state index contributed by atoms with van der Waals surface area (Å²) in [6.45, 7) is 5.24. The molecule has 13 heavy (non-hydrogen) atoms. The van der Waals surface area contributed by atoms with Crippen molar-refractivity contribution in [1.82, 2.24) is 15.1 Å². The van der Waals surface area contributed by atoms with Crippen LogP contribution >= 0.6 is 0 Å². The van der Waals surface area contributed by atoms with E-state index in [0.717, 1.165) is 32.0 Å². The van der Waals surface area contributed by atoms with E-state index >= 15 is 0 Å². The highest BCUT2D eigenvalue weighted by molar-refractivity contribution is 4.97. The molecule has 74 valence electrons. The van der Waals surface area contributed by atoms with Crippen molar-refractivity contribution < 1.29 is 4.74 Å². The molecular weight excluding hydrogens is 166 g/mol. The predicted molar refractivity (Wildman–Crippen MR) is 51.4 cm³/mol. The molecule has 0 bridgehead atoms. The van der Waals surface area contributed by atoms with E-state index in [9.17, 15) is 0 Å². The number of aromatic nitrogens is 2. The van der Waals surface area contributed by atoms with Crippen LogP contribution in [0.5, 0.6) is 0 Å². The second kappa shape index (κ2) is 5.72. The average molecular weight is 183 g/mol. The van der Waals surface area contributed by atoms with Gasteiger partial charge < -0.3 is 10.1 Å². The molecule has 0 atom stereocenters. The highest BCUT2D eigenvalue weighted by Crippen LogP contribution is 1.91. The maximum absolute atomic E-state index is 5.19. The van der Waals surface area contributed by atoms with Crippen molar-refractivity contribution in [3.05, 3.63) is 18.0 Å². The van der Waals surface area contributed by atoms with Gasteiger partial charge in [0.05, 0.1) is 12.3 Å². The Hall–Kier alpha value is -0.870. The number of hydrogen-bond donors (Lipinski definition) is 1. The Bertz CT molecular complexity index is 235. The minimum atomic E-state index is 0.767. The van der Waals surface area contributed by atoms with Crippen molar-refractivity contribution >= 4 is 0 Å². The normalized spacial score (nSPS) is 10.6. The van der Waals surface area contributed by atoms with E-state index in [4.69, 9.17) is 4.74 Å². The van der Waals surface area contributed by atoms with Gasteiger partial charge in [-0.25, -0.2) is 0 Å². The highest BCUT2D eigenvalue weighted by atomic mass is 16.5. The first-order chi connectivity index (χ1) is 6.33. The number of rotatable bonds is 6. The fourth-order valence-electron chi connectivity index (χ4n) is 1.06. The third kappa shape index (κ3) is 4.05. The third-order valence-electron chi connectivity index (χ3n) is 1.70. The fraction of sp³-hybridized carbons (Fsp3) is 0.667. The Morgan fingerprint density at radius 3 is 3.08 bits per heavy atom. The Labute approximate surface area is 78.9 Å². The number of ether oxygens (including phenoxy) is 1. The molecule has 1 aromatic heterocycles. The Kier molecular flexibility index (Phi) is 4.49. The van der Waals surface area contributed by atoms with E-state index in [0.29, 0.717) is 0 Å². The zero-order valence-corrected chi connectivity index (χ0v) is 8.29. The highest BCUT2D eigenvalue weighted by Gasteiger charge is 1.94. The quantitative estimate of drug-likeness (QED) is 0.654. The number of aryl methyl sites for hydroxylation is 1. The lowest BCUT2D eigenvalue weighted by Gasteiger charge is -2.02. The van der Waals surface area contributed by atoms with Gasteiger partial charge in [0.1, 0.15) is 0 Å². The number of nitrogens with one attached hydrogen (secondary N) is 1. The standard InChI is InChI=1S/C9H17N3O/c1-3-13-7-5-10-8-9-4-6-12(2)11-9/h4,6,10H,3,5,7-8H2,1-2H3. The van der Waals surface area contributed by atoms with Crippen LogP contribution in [0.4, 0.5) is 0 Å². The van der Waals surface area contributed by atoms with Gasteiger partial charge in [-0.1, -0.05) is 0 Å². The van der Waals surface area contributed by atoms with E-state index in [1.165, 1.54) is 0 Å².